The van der Waals surface area contributed by atoms with E-state index in [0.717, 1.165) is 6.42 Å². The van der Waals surface area contributed by atoms with Gasteiger partial charge in [-0.2, -0.15) is 0 Å². The van der Waals surface area contributed by atoms with Crippen molar-refractivity contribution in [2.45, 2.75) is 13.3 Å². The second-order valence-corrected chi connectivity index (χ2v) is 4.24. The molecule has 0 aromatic heterocycles. The Kier molecular flexibility index (Phi) is 3.80. The minimum Gasteiger partial charge on any atom is -0.396 e. The Morgan fingerprint density at radius 3 is 2.47 bits per heavy atom. The Balaban J connectivity index is 2.13. The molecule has 0 fully saturated rings. The molecule has 0 saturated carbocycles. The summed E-state index contributed by atoms with van der Waals surface area (Å²) in [5.74, 6) is -0.737. The number of carbonyl (C=O) groups excluding carboxylic acids is 1. The largest absolute Gasteiger partial charge is 0.396 e. The summed E-state index contributed by atoms with van der Waals surface area (Å²) in [7, 11) is 0. The van der Waals surface area contributed by atoms with Gasteiger partial charge in [-0.1, -0.05) is 19.1 Å². The molecule has 0 aliphatic rings. The maximum absolute atomic E-state index is 13.0. The van der Waals surface area contributed by atoms with Gasteiger partial charge in [-0.05, 0) is 42.3 Å². The Hall–Kier alpha value is -2.36. The van der Waals surface area contributed by atoms with Crippen LogP contribution in [0, 0.1) is 5.82 Å². The fraction of sp³-hybridized carbons (Fsp3) is 0.133. The molecule has 0 spiro atoms. The Morgan fingerprint density at radius 2 is 1.89 bits per heavy atom. The van der Waals surface area contributed by atoms with Gasteiger partial charge in [0.05, 0.1) is 5.69 Å². The molecule has 1 amide bonds. The summed E-state index contributed by atoms with van der Waals surface area (Å²) in [5.41, 5.74) is 7.66. The van der Waals surface area contributed by atoms with Crippen molar-refractivity contribution in [2.24, 2.45) is 0 Å². The lowest BCUT2D eigenvalue weighted by Gasteiger charge is -2.07. The van der Waals surface area contributed by atoms with Crippen molar-refractivity contribution < 1.29 is 9.18 Å². The van der Waals surface area contributed by atoms with E-state index >= 15 is 0 Å². The van der Waals surface area contributed by atoms with E-state index in [0.29, 0.717) is 11.3 Å². The lowest BCUT2D eigenvalue weighted by atomic mass is 10.1. The average molecular weight is 258 g/mol. The number of amides is 1. The quantitative estimate of drug-likeness (QED) is 0.830. The maximum Gasteiger partial charge on any atom is 0.255 e. The van der Waals surface area contributed by atoms with Crippen LogP contribution in [-0.4, -0.2) is 5.91 Å². The van der Waals surface area contributed by atoms with Gasteiger partial charge in [0.25, 0.3) is 5.91 Å². The van der Waals surface area contributed by atoms with Crippen molar-refractivity contribution >= 4 is 17.3 Å². The van der Waals surface area contributed by atoms with Crippen LogP contribution in [0.5, 0.6) is 0 Å². The first-order valence-electron chi connectivity index (χ1n) is 6.05. The summed E-state index contributed by atoms with van der Waals surface area (Å²) >= 11 is 0. The molecule has 19 heavy (non-hydrogen) atoms. The third kappa shape index (κ3) is 3.10. The van der Waals surface area contributed by atoms with Crippen molar-refractivity contribution in [3.8, 4) is 0 Å². The number of nitrogens with one attached hydrogen (secondary N) is 1. The molecular formula is C15H15FN2O. The van der Waals surface area contributed by atoms with Gasteiger partial charge < -0.3 is 11.1 Å². The van der Waals surface area contributed by atoms with Crippen LogP contribution in [0.4, 0.5) is 15.8 Å². The number of carbonyl (C=O) groups is 1. The van der Waals surface area contributed by atoms with E-state index in [1.807, 2.05) is 12.1 Å². The molecule has 0 heterocycles. The normalized spacial score (nSPS) is 10.2. The van der Waals surface area contributed by atoms with Gasteiger partial charge in [-0.3, -0.25) is 4.79 Å². The number of anilines is 2. The summed E-state index contributed by atoms with van der Waals surface area (Å²) in [5, 5.41) is 2.68. The van der Waals surface area contributed by atoms with E-state index in [1.54, 1.807) is 12.1 Å². The first-order valence-corrected chi connectivity index (χ1v) is 6.05. The second kappa shape index (κ2) is 5.52. The zero-order valence-corrected chi connectivity index (χ0v) is 10.6. The fourth-order valence-corrected chi connectivity index (χ4v) is 1.72. The predicted octanol–water partition coefficient (Wildman–Crippen LogP) is 3.22. The number of hydrogen-bond acceptors (Lipinski definition) is 2. The third-order valence-electron chi connectivity index (χ3n) is 2.88. The molecular weight excluding hydrogens is 243 g/mol. The van der Waals surface area contributed by atoms with E-state index < -0.39 is 5.82 Å². The molecule has 0 aliphatic heterocycles. The van der Waals surface area contributed by atoms with Gasteiger partial charge in [0.2, 0.25) is 0 Å². The zero-order chi connectivity index (χ0) is 13.8. The van der Waals surface area contributed by atoms with Crippen molar-refractivity contribution in [3.63, 3.8) is 0 Å². The van der Waals surface area contributed by atoms with Gasteiger partial charge in [-0.25, -0.2) is 4.39 Å². The Labute approximate surface area is 111 Å². The van der Waals surface area contributed by atoms with Crippen LogP contribution in [0.1, 0.15) is 22.8 Å². The van der Waals surface area contributed by atoms with E-state index in [9.17, 15) is 9.18 Å². The zero-order valence-electron chi connectivity index (χ0n) is 10.6. The van der Waals surface area contributed by atoms with Crippen LogP contribution in [0.15, 0.2) is 42.5 Å². The van der Waals surface area contributed by atoms with Gasteiger partial charge in [0, 0.05) is 11.3 Å². The van der Waals surface area contributed by atoms with Crippen LogP contribution in [0.25, 0.3) is 0 Å². The lowest BCUT2D eigenvalue weighted by Crippen LogP contribution is -2.12. The number of halogens is 1. The van der Waals surface area contributed by atoms with Crippen LogP contribution >= 0.6 is 0 Å². The third-order valence-corrected chi connectivity index (χ3v) is 2.88. The molecule has 2 rings (SSSR count). The van der Waals surface area contributed by atoms with Crippen LogP contribution < -0.4 is 11.1 Å². The number of aryl methyl sites for hydroxylation is 1. The highest BCUT2D eigenvalue weighted by atomic mass is 19.1. The molecule has 3 nitrogen and oxygen atoms in total. The molecule has 2 aromatic rings. The van der Waals surface area contributed by atoms with Crippen molar-refractivity contribution in [3.05, 3.63) is 59.4 Å². The summed E-state index contributed by atoms with van der Waals surface area (Å²) < 4.78 is 13.0. The van der Waals surface area contributed by atoms with Crippen LogP contribution in [0.3, 0.4) is 0 Å². The monoisotopic (exact) mass is 258 g/mol. The number of nitrogens with two attached hydrogens (primary N) is 1. The summed E-state index contributed by atoms with van der Waals surface area (Å²) in [4.78, 5) is 12.0. The van der Waals surface area contributed by atoms with Crippen molar-refractivity contribution in [1.29, 1.82) is 0 Å². The number of hydrogen-bond donors (Lipinski definition) is 2. The molecule has 0 atom stereocenters. The topological polar surface area (TPSA) is 55.1 Å². The Morgan fingerprint density at radius 1 is 1.21 bits per heavy atom. The minimum atomic E-state index is -0.495. The molecule has 2 aromatic carbocycles. The molecule has 0 bridgehead atoms. The van der Waals surface area contributed by atoms with E-state index in [2.05, 4.69) is 12.2 Å². The molecule has 0 aliphatic carbocycles. The smallest absolute Gasteiger partial charge is 0.255 e. The van der Waals surface area contributed by atoms with Gasteiger partial charge >= 0.3 is 0 Å². The molecule has 3 N–H and O–H groups in total. The summed E-state index contributed by atoms with van der Waals surface area (Å²) in [6.45, 7) is 2.05. The molecule has 0 saturated heterocycles. The van der Waals surface area contributed by atoms with E-state index in [-0.39, 0.29) is 11.6 Å². The highest BCUT2D eigenvalue weighted by molar-refractivity contribution is 6.04. The molecule has 0 radical (unpaired) electrons. The van der Waals surface area contributed by atoms with E-state index in [1.165, 1.54) is 23.8 Å². The minimum absolute atomic E-state index is 0.0131. The molecule has 0 unspecified atom stereocenters. The summed E-state index contributed by atoms with van der Waals surface area (Å²) in [6.07, 6.45) is 0.927. The van der Waals surface area contributed by atoms with Crippen LogP contribution in [-0.2, 0) is 6.42 Å². The van der Waals surface area contributed by atoms with E-state index in [4.69, 9.17) is 5.73 Å². The first-order chi connectivity index (χ1) is 9.10. The standard InChI is InChI=1S/C15H15FN2O/c1-2-10-3-5-11(6-4-10)15(19)18-12-7-8-13(16)14(17)9-12/h3-9H,2,17H2,1H3,(H,18,19). The Bertz CT molecular complexity index is 594. The van der Waals surface area contributed by atoms with Gasteiger partial charge in [0.15, 0.2) is 0 Å². The number of rotatable bonds is 3. The molecule has 4 heteroatoms. The predicted molar refractivity (Wildman–Crippen MR) is 74.6 cm³/mol. The SMILES string of the molecule is CCc1ccc(C(=O)Nc2ccc(F)c(N)c2)cc1. The summed E-state index contributed by atoms with van der Waals surface area (Å²) in [6, 6.07) is 11.5. The van der Waals surface area contributed by atoms with Gasteiger partial charge in [-0.15, -0.1) is 0 Å². The van der Waals surface area contributed by atoms with Crippen molar-refractivity contribution in [1.82, 2.24) is 0 Å². The van der Waals surface area contributed by atoms with Crippen molar-refractivity contribution in [2.75, 3.05) is 11.1 Å². The maximum atomic E-state index is 13.0. The van der Waals surface area contributed by atoms with Crippen LogP contribution in [0.2, 0.25) is 0 Å². The number of nitrogen functional groups attached to an aromatic ring is 1. The highest BCUT2D eigenvalue weighted by Gasteiger charge is 2.07. The highest BCUT2D eigenvalue weighted by Crippen LogP contribution is 2.17. The van der Waals surface area contributed by atoms with Gasteiger partial charge in [0.1, 0.15) is 5.82 Å². The second-order valence-electron chi connectivity index (χ2n) is 4.24. The average Bonchev–Trinajstić information content (AvgIpc) is 2.43. The number of benzene rings is 2. The molecule has 98 valence electrons. The lowest BCUT2D eigenvalue weighted by molar-refractivity contribution is 0.102. The fourth-order valence-electron chi connectivity index (χ4n) is 1.72. The first kappa shape index (κ1) is 13.1.